The highest BCUT2D eigenvalue weighted by atomic mass is 32.2. The van der Waals surface area contributed by atoms with Crippen molar-refractivity contribution < 1.29 is 8.42 Å². The molecule has 0 spiro atoms. The first-order valence-electron chi connectivity index (χ1n) is 7.15. The van der Waals surface area contributed by atoms with Gasteiger partial charge in [-0.15, -0.1) is 11.3 Å². The Balaban J connectivity index is 2.13. The van der Waals surface area contributed by atoms with E-state index in [1.54, 1.807) is 0 Å². The van der Waals surface area contributed by atoms with Gasteiger partial charge in [-0.1, -0.05) is 20.3 Å². The topological polar surface area (TPSA) is 58.2 Å². The third-order valence-electron chi connectivity index (χ3n) is 4.04. The van der Waals surface area contributed by atoms with E-state index in [0.29, 0.717) is 18.0 Å². The Morgan fingerprint density at radius 1 is 1.40 bits per heavy atom. The molecule has 0 unspecified atom stereocenters. The van der Waals surface area contributed by atoms with E-state index in [2.05, 4.69) is 17.0 Å². The van der Waals surface area contributed by atoms with Crippen molar-refractivity contribution in [2.45, 2.75) is 51.5 Å². The van der Waals surface area contributed by atoms with E-state index in [4.69, 9.17) is 0 Å². The average molecular weight is 316 g/mol. The molecule has 0 aromatic carbocycles. The summed E-state index contributed by atoms with van der Waals surface area (Å²) in [6, 6.07) is 0. The number of rotatable bonds is 7. The molecule has 0 bridgehead atoms. The summed E-state index contributed by atoms with van der Waals surface area (Å²) in [5.41, 5.74) is 0.993. The molecule has 1 aromatic heterocycles. The van der Waals surface area contributed by atoms with Gasteiger partial charge >= 0.3 is 0 Å². The zero-order chi connectivity index (χ0) is 14.8. The molecule has 1 aliphatic carbocycles. The highest BCUT2D eigenvalue weighted by molar-refractivity contribution is 7.89. The molecule has 1 heterocycles. The lowest BCUT2D eigenvalue weighted by Crippen LogP contribution is -2.40. The molecule has 0 radical (unpaired) electrons. The maximum atomic E-state index is 12.6. The summed E-state index contributed by atoms with van der Waals surface area (Å²) >= 11 is 1.51. The van der Waals surface area contributed by atoms with E-state index in [1.807, 2.05) is 19.2 Å². The Hall–Kier alpha value is -0.430. The van der Waals surface area contributed by atoms with Gasteiger partial charge in [-0.25, -0.2) is 13.1 Å². The molecule has 1 aliphatic rings. The third kappa shape index (κ3) is 3.42. The normalized spacial score (nSPS) is 17.9. The van der Waals surface area contributed by atoms with E-state index in [1.165, 1.54) is 17.8 Å². The van der Waals surface area contributed by atoms with Crippen molar-refractivity contribution in [1.82, 2.24) is 10.0 Å². The predicted molar refractivity (Wildman–Crippen MR) is 83.6 cm³/mol. The fourth-order valence-corrected chi connectivity index (χ4v) is 5.48. The molecule has 2 N–H and O–H groups in total. The summed E-state index contributed by atoms with van der Waals surface area (Å²) < 4.78 is 27.9. The largest absolute Gasteiger partial charge is 0.312 e. The van der Waals surface area contributed by atoms with Crippen LogP contribution in [0.2, 0.25) is 0 Å². The molecule has 114 valence electrons. The molecule has 1 saturated carbocycles. The Labute approximate surface area is 126 Å². The summed E-state index contributed by atoms with van der Waals surface area (Å²) in [6.07, 6.45) is 3.44. The van der Waals surface area contributed by atoms with Crippen molar-refractivity contribution in [2.75, 3.05) is 13.1 Å². The lowest BCUT2D eigenvalue weighted by molar-refractivity contribution is 0.166. The second-order valence-corrected chi connectivity index (χ2v) is 8.61. The summed E-state index contributed by atoms with van der Waals surface area (Å²) in [6.45, 7) is 8.03. The second-order valence-electron chi connectivity index (χ2n) is 5.94. The zero-order valence-electron chi connectivity index (χ0n) is 12.5. The van der Waals surface area contributed by atoms with Crippen LogP contribution in [-0.4, -0.2) is 21.5 Å². The number of aryl methyl sites for hydroxylation is 1. The smallest absolute Gasteiger partial charge is 0.242 e. The quantitative estimate of drug-likeness (QED) is 0.813. The van der Waals surface area contributed by atoms with Crippen LogP contribution in [0.1, 0.15) is 43.6 Å². The minimum Gasteiger partial charge on any atom is -0.312 e. The van der Waals surface area contributed by atoms with Gasteiger partial charge in [-0.2, -0.15) is 0 Å². The Kier molecular flexibility index (Phi) is 4.89. The standard InChI is InChI=1S/C14H24N2O2S2/c1-4-15-8-12-13(11(2)9-19-12)20(17,18)16-10-14(3)6-5-7-14/h9,15-16H,4-8,10H2,1-3H3. The van der Waals surface area contributed by atoms with Gasteiger partial charge in [0.05, 0.1) is 0 Å². The lowest BCUT2D eigenvalue weighted by atomic mass is 9.71. The fourth-order valence-electron chi connectivity index (χ4n) is 2.51. The molecule has 2 rings (SSSR count). The molecule has 0 aliphatic heterocycles. The minimum absolute atomic E-state index is 0.152. The van der Waals surface area contributed by atoms with Gasteiger partial charge in [0.1, 0.15) is 4.90 Å². The van der Waals surface area contributed by atoms with Crippen LogP contribution in [0.5, 0.6) is 0 Å². The van der Waals surface area contributed by atoms with Gasteiger partial charge < -0.3 is 5.32 Å². The molecule has 0 saturated heterocycles. The van der Waals surface area contributed by atoms with E-state index >= 15 is 0 Å². The van der Waals surface area contributed by atoms with Crippen molar-refractivity contribution in [3.05, 3.63) is 15.8 Å². The van der Waals surface area contributed by atoms with Crippen molar-refractivity contribution >= 4 is 21.4 Å². The monoisotopic (exact) mass is 316 g/mol. The minimum atomic E-state index is -3.40. The van der Waals surface area contributed by atoms with Crippen LogP contribution in [0.25, 0.3) is 0 Å². The molecule has 6 heteroatoms. The summed E-state index contributed by atoms with van der Waals surface area (Å²) in [7, 11) is -3.40. The Morgan fingerprint density at radius 2 is 2.10 bits per heavy atom. The number of nitrogens with one attached hydrogen (secondary N) is 2. The molecule has 0 amide bonds. The first kappa shape index (κ1) is 15.9. The number of hydrogen-bond donors (Lipinski definition) is 2. The zero-order valence-corrected chi connectivity index (χ0v) is 14.1. The molecular formula is C14H24N2O2S2. The SMILES string of the molecule is CCNCc1scc(C)c1S(=O)(=O)NCC1(C)CCC1. The van der Waals surface area contributed by atoms with Crippen molar-refractivity contribution in [1.29, 1.82) is 0 Å². The van der Waals surface area contributed by atoms with Crippen molar-refractivity contribution in [3.63, 3.8) is 0 Å². The van der Waals surface area contributed by atoms with Gasteiger partial charge in [-0.3, -0.25) is 0 Å². The van der Waals surface area contributed by atoms with Crippen molar-refractivity contribution in [2.24, 2.45) is 5.41 Å². The lowest BCUT2D eigenvalue weighted by Gasteiger charge is -2.38. The number of sulfonamides is 1. The fraction of sp³-hybridized carbons (Fsp3) is 0.714. The molecule has 1 aromatic rings. The van der Waals surface area contributed by atoms with Gasteiger partial charge in [0.15, 0.2) is 0 Å². The van der Waals surface area contributed by atoms with Crippen LogP contribution in [0.3, 0.4) is 0 Å². The highest BCUT2D eigenvalue weighted by Crippen LogP contribution is 2.40. The van der Waals surface area contributed by atoms with E-state index in [9.17, 15) is 8.42 Å². The Bertz CT molecular complexity index is 560. The van der Waals surface area contributed by atoms with Crippen LogP contribution in [-0.2, 0) is 16.6 Å². The molecule has 1 fully saturated rings. The van der Waals surface area contributed by atoms with Crippen LogP contribution in [0.4, 0.5) is 0 Å². The maximum Gasteiger partial charge on any atom is 0.242 e. The second kappa shape index (κ2) is 6.13. The first-order chi connectivity index (χ1) is 9.38. The van der Waals surface area contributed by atoms with E-state index in [-0.39, 0.29) is 5.41 Å². The van der Waals surface area contributed by atoms with E-state index in [0.717, 1.165) is 29.8 Å². The van der Waals surface area contributed by atoms with E-state index < -0.39 is 10.0 Å². The molecule has 20 heavy (non-hydrogen) atoms. The van der Waals surface area contributed by atoms with Crippen LogP contribution >= 0.6 is 11.3 Å². The van der Waals surface area contributed by atoms with Crippen LogP contribution in [0.15, 0.2) is 10.3 Å². The van der Waals surface area contributed by atoms with Crippen LogP contribution < -0.4 is 10.0 Å². The number of hydrogen-bond acceptors (Lipinski definition) is 4. The first-order valence-corrected chi connectivity index (χ1v) is 9.51. The maximum absolute atomic E-state index is 12.6. The summed E-state index contributed by atoms with van der Waals surface area (Å²) in [5.74, 6) is 0. The summed E-state index contributed by atoms with van der Waals surface area (Å²) in [5, 5.41) is 5.13. The summed E-state index contributed by atoms with van der Waals surface area (Å²) in [4.78, 5) is 1.38. The number of thiophene rings is 1. The average Bonchev–Trinajstić information content (AvgIpc) is 2.73. The predicted octanol–water partition coefficient (Wildman–Crippen LogP) is 2.63. The highest BCUT2D eigenvalue weighted by Gasteiger charge is 2.33. The van der Waals surface area contributed by atoms with Crippen molar-refractivity contribution in [3.8, 4) is 0 Å². The van der Waals surface area contributed by atoms with Gasteiger partial charge in [-0.05, 0) is 42.7 Å². The molecule has 0 atom stereocenters. The van der Waals surface area contributed by atoms with Gasteiger partial charge in [0, 0.05) is 18.0 Å². The molecule has 4 nitrogen and oxygen atoms in total. The van der Waals surface area contributed by atoms with Gasteiger partial charge in [0.25, 0.3) is 0 Å². The third-order valence-corrected chi connectivity index (χ3v) is 6.91. The Morgan fingerprint density at radius 3 is 2.65 bits per heavy atom. The van der Waals surface area contributed by atoms with Gasteiger partial charge in [0.2, 0.25) is 10.0 Å². The molecular weight excluding hydrogens is 292 g/mol. The van der Waals surface area contributed by atoms with Crippen LogP contribution in [0, 0.1) is 12.3 Å².